The number of para-hydroxylation sites is 1. The lowest BCUT2D eigenvalue weighted by molar-refractivity contribution is 0.299. The average Bonchev–Trinajstić information content (AvgIpc) is 2.97. The molecule has 5 nitrogen and oxygen atoms in total. The first kappa shape index (κ1) is 16.7. The molecule has 0 fully saturated rings. The van der Waals surface area contributed by atoms with E-state index in [-0.39, 0.29) is 0 Å². The normalized spacial score (nSPS) is 11.0. The van der Waals surface area contributed by atoms with Crippen LogP contribution < -0.4 is 4.74 Å². The zero-order valence-corrected chi connectivity index (χ0v) is 16.1. The number of benzene rings is 2. The largest absolute Gasteiger partial charge is 0.487 e. The van der Waals surface area contributed by atoms with Gasteiger partial charge in [0, 0.05) is 18.0 Å². The Morgan fingerprint density at radius 3 is 2.54 bits per heavy atom. The van der Waals surface area contributed by atoms with Gasteiger partial charge in [0.1, 0.15) is 18.1 Å². The Bertz CT molecular complexity index is 1070. The molecule has 0 spiro atoms. The SMILES string of the molecule is Cc1cc2ccccc2nc1-c1ccc(OCc2nn(C)nc2Br)cc1. The Hall–Kier alpha value is -2.73. The van der Waals surface area contributed by atoms with E-state index in [4.69, 9.17) is 9.72 Å². The van der Waals surface area contributed by atoms with Gasteiger partial charge in [0.15, 0.2) is 4.60 Å². The van der Waals surface area contributed by atoms with Crippen LogP contribution in [0, 0.1) is 6.92 Å². The van der Waals surface area contributed by atoms with E-state index >= 15 is 0 Å². The number of pyridine rings is 1. The molecule has 0 amide bonds. The topological polar surface area (TPSA) is 52.8 Å². The lowest BCUT2D eigenvalue weighted by Crippen LogP contribution is -1.98. The van der Waals surface area contributed by atoms with Crippen LogP contribution in [0.25, 0.3) is 22.2 Å². The summed E-state index contributed by atoms with van der Waals surface area (Å²) in [6, 6.07) is 18.3. The molecule has 0 saturated heterocycles. The Kier molecular flexibility index (Phi) is 4.42. The van der Waals surface area contributed by atoms with Crippen molar-refractivity contribution in [2.45, 2.75) is 13.5 Å². The van der Waals surface area contributed by atoms with E-state index in [1.807, 2.05) is 42.5 Å². The molecule has 130 valence electrons. The van der Waals surface area contributed by atoms with Crippen LogP contribution in [0.5, 0.6) is 5.75 Å². The molecule has 4 aromatic rings. The lowest BCUT2D eigenvalue weighted by Gasteiger charge is -2.09. The van der Waals surface area contributed by atoms with E-state index in [9.17, 15) is 0 Å². The van der Waals surface area contributed by atoms with Crippen molar-refractivity contribution in [1.29, 1.82) is 0 Å². The van der Waals surface area contributed by atoms with Gasteiger partial charge in [-0.15, -0.1) is 5.10 Å². The molecule has 0 aliphatic heterocycles. The first-order chi connectivity index (χ1) is 12.6. The Labute approximate surface area is 159 Å². The summed E-state index contributed by atoms with van der Waals surface area (Å²) in [6.07, 6.45) is 0. The summed E-state index contributed by atoms with van der Waals surface area (Å²) in [4.78, 5) is 6.33. The van der Waals surface area contributed by atoms with Crippen LogP contribution in [-0.2, 0) is 13.7 Å². The van der Waals surface area contributed by atoms with Crippen molar-refractivity contribution < 1.29 is 4.74 Å². The maximum absolute atomic E-state index is 5.81. The summed E-state index contributed by atoms with van der Waals surface area (Å²) >= 11 is 3.38. The van der Waals surface area contributed by atoms with Crippen LogP contribution in [0.4, 0.5) is 0 Å². The molecule has 0 N–H and O–H groups in total. The molecule has 6 heteroatoms. The molecular formula is C20H17BrN4O. The summed E-state index contributed by atoms with van der Waals surface area (Å²) in [5.74, 6) is 0.782. The number of rotatable bonds is 4. The molecule has 4 rings (SSSR count). The minimum atomic E-state index is 0.362. The standard InChI is InChI=1S/C20H17BrN4O/c1-13-11-15-5-3-4-6-17(15)22-19(13)14-7-9-16(10-8-14)26-12-18-20(21)24-25(2)23-18/h3-11H,12H2,1-2H3. The van der Waals surface area contributed by atoms with Crippen molar-refractivity contribution in [2.24, 2.45) is 7.05 Å². The monoisotopic (exact) mass is 408 g/mol. The molecule has 0 radical (unpaired) electrons. The van der Waals surface area contributed by atoms with Crippen LogP contribution >= 0.6 is 15.9 Å². The maximum atomic E-state index is 5.81. The van der Waals surface area contributed by atoms with Crippen LogP contribution in [0.1, 0.15) is 11.3 Å². The van der Waals surface area contributed by atoms with Gasteiger partial charge in [0.2, 0.25) is 0 Å². The van der Waals surface area contributed by atoms with Crippen LogP contribution in [0.15, 0.2) is 59.2 Å². The highest BCUT2D eigenvalue weighted by atomic mass is 79.9. The van der Waals surface area contributed by atoms with E-state index in [1.54, 1.807) is 7.05 Å². The van der Waals surface area contributed by atoms with Crippen molar-refractivity contribution >= 4 is 26.8 Å². The fraction of sp³-hybridized carbons (Fsp3) is 0.150. The van der Waals surface area contributed by atoms with Crippen molar-refractivity contribution in [3.8, 4) is 17.0 Å². The van der Waals surface area contributed by atoms with Gasteiger partial charge in [-0.2, -0.15) is 9.90 Å². The molecule has 26 heavy (non-hydrogen) atoms. The zero-order valence-electron chi connectivity index (χ0n) is 14.5. The van der Waals surface area contributed by atoms with Crippen LogP contribution in [-0.4, -0.2) is 20.0 Å². The number of hydrogen-bond donors (Lipinski definition) is 0. The third-order valence-electron chi connectivity index (χ3n) is 4.15. The number of aryl methyl sites for hydroxylation is 2. The van der Waals surface area contributed by atoms with E-state index in [2.05, 4.69) is 45.2 Å². The number of nitrogens with zero attached hydrogens (tertiary/aromatic N) is 4. The highest BCUT2D eigenvalue weighted by molar-refractivity contribution is 9.10. The van der Waals surface area contributed by atoms with Crippen molar-refractivity contribution in [2.75, 3.05) is 0 Å². The molecular weight excluding hydrogens is 392 g/mol. The number of fused-ring (bicyclic) bond motifs is 1. The fourth-order valence-corrected chi connectivity index (χ4v) is 3.31. The summed E-state index contributed by atoms with van der Waals surface area (Å²) < 4.78 is 6.51. The molecule has 2 aromatic heterocycles. The quantitative estimate of drug-likeness (QED) is 0.491. The first-order valence-electron chi connectivity index (χ1n) is 8.25. The minimum absolute atomic E-state index is 0.362. The highest BCUT2D eigenvalue weighted by Crippen LogP contribution is 2.27. The average molecular weight is 409 g/mol. The van der Waals surface area contributed by atoms with Gasteiger partial charge in [0.05, 0.1) is 11.2 Å². The second-order valence-electron chi connectivity index (χ2n) is 6.09. The smallest absolute Gasteiger partial charge is 0.155 e. The Morgan fingerprint density at radius 2 is 1.81 bits per heavy atom. The summed E-state index contributed by atoms with van der Waals surface area (Å²) in [5, 5.41) is 9.56. The molecule has 0 unspecified atom stereocenters. The van der Waals surface area contributed by atoms with E-state index in [1.165, 1.54) is 4.80 Å². The molecule has 0 bridgehead atoms. The van der Waals surface area contributed by atoms with Crippen molar-refractivity contribution in [1.82, 2.24) is 20.0 Å². The van der Waals surface area contributed by atoms with Crippen LogP contribution in [0.3, 0.4) is 0 Å². The second kappa shape index (κ2) is 6.88. The van der Waals surface area contributed by atoms with Gasteiger partial charge >= 0.3 is 0 Å². The van der Waals surface area contributed by atoms with Gasteiger partial charge in [-0.25, -0.2) is 4.98 Å². The van der Waals surface area contributed by atoms with Crippen LogP contribution in [0.2, 0.25) is 0 Å². The molecule has 0 aliphatic rings. The summed E-state index contributed by atoms with van der Waals surface area (Å²) in [6.45, 7) is 2.45. The number of hydrogen-bond acceptors (Lipinski definition) is 4. The predicted octanol–water partition coefficient (Wildman–Crippen LogP) is 4.68. The Balaban J connectivity index is 1.56. The fourth-order valence-electron chi connectivity index (χ4n) is 2.89. The summed E-state index contributed by atoms with van der Waals surface area (Å²) in [7, 11) is 1.78. The third kappa shape index (κ3) is 3.32. The van der Waals surface area contributed by atoms with Gasteiger partial charge in [0.25, 0.3) is 0 Å². The van der Waals surface area contributed by atoms with Crippen molar-refractivity contribution in [3.05, 3.63) is 70.5 Å². The predicted molar refractivity (Wildman–Crippen MR) is 105 cm³/mol. The number of aromatic nitrogens is 4. The van der Waals surface area contributed by atoms with Crippen molar-refractivity contribution in [3.63, 3.8) is 0 Å². The van der Waals surface area contributed by atoms with E-state index in [0.717, 1.165) is 39.2 Å². The molecule has 0 aliphatic carbocycles. The Morgan fingerprint density at radius 1 is 1.04 bits per heavy atom. The number of halogens is 1. The third-order valence-corrected chi connectivity index (χ3v) is 4.77. The molecule has 2 heterocycles. The van der Waals surface area contributed by atoms with E-state index in [0.29, 0.717) is 11.2 Å². The molecule has 2 aromatic carbocycles. The lowest BCUT2D eigenvalue weighted by atomic mass is 10.0. The zero-order chi connectivity index (χ0) is 18.1. The second-order valence-corrected chi connectivity index (χ2v) is 6.84. The number of ether oxygens (including phenoxy) is 1. The van der Waals surface area contributed by atoms with Gasteiger partial charge < -0.3 is 4.74 Å². The maximum Gasteiger partial charge on any atom is 0.155 e. The molecule has 0 atom stereocenters. The molecule has 0 saturated carbocycles. The highest BCUT2D eigenvalue weighted by Gasteiger charge is 2.09. The van der Waals surface area contributed by atoms with Gasteiger partial charge in [-0.1, -0.05) is 18.2 Å². The van der Waals surface area contributed by atoms with Gasteiger partial charge in [-0.3, -0.25) is 0 Å². The first-order valence-corrected chi connectivity index (χ1v) is 9.05. The summed E-state index contributed by atoms with van der Waals surface area (Å²) in [5.41, 5.74) is 4.98. The van der Waals surface area contributed by atoms with Gasteiger partial charge in [-0.05, 0) is 64.8 Å². The minimum Gasteiger partial charge on any atom is -0.487 e. The van der Waals surface area contributed by atoms with E-state index < -0.39 is 0 Å².